The van der Waals surface area contributed by atoms with E-state index in [2.05, 4.69) is 60.4 Å². The van der Waals surface area contributed by atoms with E-state index < -0.39 is 52.9 Å². The summed E-state index contributed by atoms with van der Waals surface area (Å²) in [6, 6.07) is 1.23. The molecule has 0 unspecified atom stereocenters. The lowest BCUT2D eigenvalue weighted by Crippen LogP contribution is -2.65. The third kappa shape index (κ3) is 4.24. The maximum atomic E-state index is 12.4. The molecule has 0 spiro atoms. The van der Waals surface area contributed by atoms with Gasteiger partial charge in [0.05, 0.1) is 6.61 Å². The minimum atomic E-state index is -2.91. The van der Waals surface area contributed by atoms with Crippen LogP contribution in [-0.4, -0.2) is 56.7 Å². The fraction of sp³-hybridized carbons (Fsp3) is 0.810. The van der Waals surface area contributed by atoms with Crippen LogP contribution < -0.4 is 11.2 Å². The number of aliphatic hydroxyl groups excluding tert-OH is 1. The van der Waals surface area contributed by atoms with Crippen molar-refractivity contribution in [3.63, 3.8) is 0 Å². The smallest absolute Gasteiger partial charge is 0.335 e. The zero-order valence-corrected chi connectivity index (χ0v) is 22.3. The van der Waals surface area contributed by atoms with E-state index in [0.717, 1.165) is 0 Å². The SMILES string of the molecule is CC(C)[Si]1(C(C)C)O[13CH2][13C@H]2O[13C@@H]([15n]3ccc(=O)[15nH]c3=O)[13C@H](O)[13C@@H]2O[Si](C(C)C)(C(C)C)O1. The molecule has 2 aliphatic heterocycles. The van der Waals surface area contributed by atoms with E-state index in [0.29, 0.717) is 0 Å². The Kier molecular flexibility index (Phi) is 7.40. The summed E-state index contributed by atoms with van der Waals surface area (Å²) in [4.78, 5) is 26.1. The fourth-order valence-electron chi connectivity index (χ4n) is 4.99. The summed E-state index contributed by atoms with van der Waals surface area (Å²) >= 11 is 0. The number of rotatable bonds is 5. The summed E-state index contributed by atoms with van der Waals surface area (Å²) in [5.41, 5.74) is -0.551. The number of ether oxygens (including phenoxy) is 1. The number of hydrogen-bond donors (Lipinski definition) is 2. The molecule has 1 aromatic heterocycles. The highest BCUT2D eigenvalue weighted by atomic mass is 28.5. The van der Waals surface area contributed by atoms with Gasteiger partial charge in [0.25, 0.3) is 5.56 Å². The molecule has 0 aliphatic carbocycles. The largest absolute Gasteiger partial charge is 0.414 e. The van der Waals surface area contributed by atoms with Gasteiger partial charge in [-0.2, -0.15) is 0 Å². The van der Waals surface area contributed by atoms with Crippen LogP contribution in [-0.2, 0) is 17.7 Å². The van der Waals surface area contributed by atoms with Gasteiger partial charge in [-0.25, -0.2) is 4.79 Å². The lowest BCUT2D eigenvalue weighted by atomic mass is 10.5. The van der Waals surface area contributed by atoms with E-state index >= 15 is 0 Å². The van der Waals surface area contributed by atoms with Crippen LogP contribution >= 0.6 is 0 Å². The average Bonchev–Trinajstić information content (AvgIpc) is 2.96. The average molecular weight is 494 g/mol. The first kappa shape index (κ1) is 25.5. The minimum Gasteiger partial charge on any atom is -0.414 e. The minimum absolute atomic E-state index is 0.108. The van der Waals surface area contributed by atoms with Gasteiger partial charge in [0.15, 0.2) is 6.23 Å². The fourth-order valence-corrected chi connectivity index (χ4v) is 16.2. The van der Waals surface area contributed by atoms with Gasteiger partial charge in [0.1, 0.15) is 18.3 Å². The highest BCUT2D eigenvalue weighted by molar-refractivity contribution is 6.83. The van der Waals surface area contributed by atoms with Crippen LogP contribution in [0.4, 0.5) is 0 Å². The van der Waals surface area contributed by atoms with Gasteiger partial charge in [-0.05, 0) is 22.2 Å². The molecule has 0 aromatic carbocycles. The molecule has 3 heterocycles. The summed E-state index contributed by atoms with van der Waals surface area (Å²) in [6.07, 6.45) is -2.04. The standard InChI is InChI=1S/C21H38N2O7Si2/c1-12(2)31(13(3)4)27-11-16-19(29-32(30-31,14(5)6)15(7)8)18(25)20(28-16)23-10-9-17(24)22-21(23)26/h9-10,12-16,18-20,25H,11H2,1-8H3,(H,22,24,26)/t16-,18-,19-,20-/m1/s1/i11+1,16+1,18+1,19+1,20+1,22+1,23+1. The third-order valence-electron chi connectivity index (χ3n) is 6.77. The van der Waals surface area contributed by atoms with Crippen LogP contribution in [0.25, 0.3) is 0 Å². The van der Waals surface area contributed by atoms with E-state index in [1.165, 1.54) is 16.8 Å². The Bertz CT molecular complexity index is 898. The molecule has 2 aliphatic rings. The predicted molar refractivity (Wildman–Crippen MR) is 125 cm³/mol. The number of nitrogens with one attached hydrogen (secondary N) is 1. The van der Waals surface area contributed by atoms with Gasteiger partial charge in [0.2, 0.25) is 0 Å². The molecule has 4 atom stereocenters. The molecule has 0 saturated carbocycles. The Morgan fingerprint density at radius 3 is 2.06 bits per heavy atom. The molecule has 32 heavy (non-hydrogen) atoms. The van der Waals surface area contributed by atoms with Crippen molar-refractivity contribution in [2.45, 2.75) is 102 Å². The van der Waals surface area contributed by atoms with E-state index in [4.69, 9.17) is 17.7 Å². The number of hydrogen-bond acceptors (Lipinski definition) is 7. The van der Waals surface area contributed by atoms with Crippen molar-refractivity contribution in [2.75, 3.05) is 6.61 Å². The Morgan fingerprint density at radius 1 is 1.00 bits per heavy atom. The van der Waals surface area contributed by atoms with Crippen molar-refractivity contribution >= 4 is 17.1 Å². The van der Waals surface area contributed by atoms with Gasteiger partial charge in [-0.3, -0.25) is 14.3 Å². The maximum absolute atomic E-state index is 12.4. The molecule has 2 saturated heterocycles. The van der Waals surface area contributed by atoms with Gasteiger partial charge in [-0.15, -0.1) is 0 Å². The number of nitrogens with zero attached hydrogens (tertiary/aromatic N) is 1. The molecule has 3 rings (SSSR count). The van der Waals surface area contributed by atoms with E-state index in [1.54, 1.807) is 0 Å². The Hall–Kier alpha value is -1.09. The zero-order chi connectivity index (χ0) is 24.0. The van der Waals surface area contributed by atoms with E-state index in [-0.39, 0.29) is 28.8 Å². The second kappa shape index (κ2) is 9.28. The molecule has 11 heteroatoms. The van der Waals surface area contributed by atoms with Gasteiger partial charge in [-0.1, -0.05) is 55.4 Å². The van der Waals surface area contributed by atoms with Crippen molar-refractivity contribution in [2.24, 2.45) is 0 Å². The Labute approximate surface area is 191 Å². The van der Waals surface area contributed by atoms with Crippen molar-refractivity contribution < 1.29 is 22.8 Å². The molecular weight excluding hydrogens is 455 g/mol. The molecule has 9 nitrogen and oxygen atoms in total. The van der Waals surface area contributed by atoms with Crippen molar-refractivity contribution in [3.05, 3.63) is 33.1 Å². The summed E-state index contributed by atoms with van der Waals surface area (Å²) in [5.74, 6) is 0. The quantitative estimate of drug-likeness (QED) is 0.479. The van der Waals surface area contributed by atoms with Crippen molar-refractivity contribution in [1.29, 1.82) is 0 Å². The first-order chi connectivity index (χ1) is 14.9. The number of aliphatic hydroxyl groups is 1. The molecule has 2 N–H and O–H groups in total. The lowest BCUT2D eigenvalue weighted by molar-refractivity contribution is -0.0600. The normalized spacial score (nSPS) is 30.0. The maximum Gasteiger partial charge on any atom is 0.335 e. The number of fused-ring (bicyclic) bond motifs is 1. The number of aromatic amines is 1. The molecule has 1 aromatic rings. The Morgan fingerprint density at radius 2 is 1.56 bits per heavy atom. The summed E-state index contributed by atoms with van der Waals surface area (Å²) < 4.78 is 27.9. The Balaban J connectivity index is 2.08. The summed E-state index contributed by atoms with van der Waals surface area (Å²) in [6.45, 7) is 17.2. The van der Waals surface area contributed by atoms with Crippen LogP contribution in [0.2, 0.25) is 22.2 Å². The van der Waals surface area contributed by atoms with Gasteiger partial charge < -0.3 is 22.8 Å². The van der Waals surface area contributed by atoms with E-state index in [1.807, 2.05) is 0 Å². The monoisotopic (exact) mass is 493 g/mol. The molecule has 0 amide bonds. The van der Waals surface area contributed by atoms with Crippen LogP contribution in [0.5, 0.6) is 0 Å². The lowest BCUT2D eigenvalue weighted by Gasteiger charge is -2.51. The van der Waals surface area contributed by atoms with Crippen LogP contribution in [0.1, 0.15) is 61.6 Å². The number of H-pyrrole nitrogens is 1. The molecular formula is C21H38N2O7Si2. The topological polar surface area (TPSA) is 112 Å². The van der Waals surface area contributed by atoms with Crippen LogP contribution in [0, 0.1) is 0 Å². The number of aromatic nitrogens is 2. The van der Waals surface area contributed by atoms with E-state index in [9.17, 15) is 14.7 Å². The highest BCUT2D eigenvalue weighted by Crippen LogP contribution is 2.48. The molecule has 0 bridgehead atoms. The third-order valence-corrected chi connectivity index (χ3v) is 17.0. The highest BCUT2D eigenvalue weighted by Gasteiger charge is 2.61. The van der Waals surface area contributed by atoms with Crippen LogP contribution in [0.3, 0.4) is 0 Å². The second-order valence-corrected chi connectivity index (χ2v) is 19.0. The molecule has 0 radical (unpaired) electrons. The second-order valence-electron chi connectivity index (χ2n) is 10.1. The van der Waals surface area contributed by atoms with Crippen molar-refractivity contribution in [1.82, 2.24) is 9.55 Å². The van der Waals surface area contributed by atoms with Gasteiger partial charge >= 0.3 is 22.8 Å². The molecule has 2 fully saturated rings. The van der Waals surface area contributed by atoms with Crippen LogP contribution in [0.15, 0.2) is 21.9 Å². The first-order valence-electron chi connectivity index (χ1n) is 11.5. The predicted octanol–water partition coefficient (Wildman–Crippen LogP) is 2.75. The molecule has 182 valence electrons. The van der Waals surface area contributed by atoms with Crippen molar-refractivity contribution in [3.8, 4) is 0 Å². The van der Waals surface area contributed by atoms with Gasteiger partial charge in [0, 0.05) is 12.3 Å². The zero-order valence-electron chi connectivity index (χ0n) is 20.3. The first-order valence-corrected chi connectivity index (χ1v) is 15.5. The summed E-state index contributed by atoms with van der Waals surface area (Å²) in [7, 11) is -5.63. The summed E-state index contributed by atoms with van der Waals surface area (Å²) in [5, 5.41) is 11.2.